The molecule has 0 aliphatic rings. The number of nitrogens with one attached hydrogen (secondary N) is 3. The Morgan fingerprint density at radius 1 is 1.37 bits per heavy atom. The zero-order valence-corrected chi connectivity index (χ0v) is 11.2. The van der Waals surface area contributed by atoms with Crippen molar-refractivity contribution in [1.29, 1.82) is 0 Å². The minimum atomic E-state index is -0.411. The van der Waals surface area contributed by atoms with Gasteiger partial charge in [-0.1, -0.05) is 18.2 Å². The molecule has 1 aromatic carbocycles. The topological polar surface area (TPSA) is 79.2 Å². The summed E-state index contributed by atoms with van der Waals surface area (Å²) in [7, 11) is 0. The molecule has 0 atom stereocenters. The number of anilines is 1. The molecule has 0 aliphatic carbocycles. The third-order valence-corrected chi connectivity index (χ3v) is 2.52. The van der Waals surface area contributed by atoms with E-state index in [1.54, 1.807) is 24.3 Å². The van der Waals surface area contributed by atoms with Gasteiger partial charge in [-0.05, 0) is 18.3 Å². The third kappa shape index (κ3) is 5.35. The fraction of sp³-hybridized carbons (Fsp3) is 0.250. The molecular formula is C12H16N4O2S. The summed E-state index contributed by atoms with van der Waals surface area (Å²) >= 11 is 5.01. The van der Waals surface area contributed by atoms with E-state index in [0.29, 0.717) is 30.4 Å². The van der Waals surface area contributed by atoms with E-state index in [4.69, 9.17) is 12.2 Å². The van der Waals surface area contributed by atoms with Crippen LogP contribution in [0.25, 0.3) is 0 Å². The Morgan fingerprint density at radius 3 is 2.79 bits per heavy atom. The number of nitro groups is 1. The zero-order chi connectivity index (χ0) is 14.1. The van der Waals surface area contributed by atoms with Crippen LogP contribution in [0.3, 0.4) is 0 Å². The minimum absolute atomic E-state index is 0.0647. The first-order valence-electron chi connectivity index (χ1n) is 5.75. The fourth-order valence-corrected chi connectivity index (χ4v) is 1.57. The molecule has 0 bridgehead atoms. The fourth-order valence-electron chi connectivity index (χ4n) is 1.38. The Kier molecular flexibility index (Phi) is 6.31. The number of thiocarbonyl (C=S) groups is 1. The average molecular weight is 280 g/mol. The lowest BCUT2D eigenvalue weighted by atomic mass is 10.2. The van der Waals surface area contributed by atoms with Crippen molar-refractivity contribution in [2.75, 3.05) is 25.0 Å². The molecular weight excluding hydrogens is 264 g/mol. The highest BCUT2D eigenvalue weighted by Gasteiger charge is 2.10. The van der Waals surface area contributed by atoms with Crippen molar-refractivity contribution in [2.45, 2.75) is 0 Å². The van der Waals surface area contributed by atoms with Crippen molar-refractivity contribution in [2.24, 2.45) is 0 Å². The van der Waals surface area contributed by atoms with Gasteiger partial charge in [0.15, 0.2) is 5.11 Å². The highest BCUT2D eigenvalue weighted by atomic mass is 32.1. The molecule has 1 rings (SSSR count). The highest BCUT2D eigenvalue weighted by Crippen LogP contribution is 2.22. The molecule has 1 aromatic rings. The quantitative estimate of drug-likeness (QED) is 0.232. The first-order chi connectivity index (χ1) is 9.15. The van der Waals surface area contributed by atoms with E-state index in [1.807, 2.05) is 0 Å². The van der Waals surface area contributed by atoms with Crippen molar-refractivity contribution in [1.82, 2.24) is 10.6 Å². The number of para-hydroxylation sites is 2. The number of benzene rings is 1. The summed E-state index contributed by atoms with van der Waals surface area (Å²) in [4.78, 5) is 10.4. The Labute approximate surface area is 117 Å². The van der Waals surface area contributed by atoms with Crippen LogP contribution in [-0.2, 0) is 0 Å². The number of hydrogen-bond acceptors (Lipinski definition) is 4. The van der Waals surface area contributed by atoms with Crippen LogP contribution in [0.5, 0.6) is 0 Å². The molecule has 0 heterocycles. The van der Waals surface area contributed by atoms with Crippen molar-refractivity contribution >= 4 is 28.7 Å². The van der Waals surface area contributed by atoms with Gasteiger partial charge in [-0.2, -0.15) is 0 Å². The van der Waals surface area contributed by atoms with Crippen molar-refractivity contribution in [3.8, 4) is 0 Å². The van der Waals surface area contributed by atoms with Gasteiger partial charge in [0, 0.05) is 25.7 Å². The van der Waals surface area contributed by atoms with E-state index in [9.17, 15) is 10.1 Å². The Balaban J connectivity index is 2.35. The maximum atomic E-state index is 10.8. The molecule has 0 spiro atoms. The van der Waals surface area contributed by atoms with Crippen molar-refractivity contribution in [3.05, 3.63) is 47.0 Å². The summed E-state index contributed by atoms with van der Waals surface area (Å²) in [6.07, 6.45) is 1.71. The van der Waals surface area contributed by atoms with Crippen molar-refractivity contribution < 1.29 is 4.92 Å². The second kappa shape index (κ2) is 8.04. The lowest BCUT2D eigenvalue weighted by molar-refractivity contribution is -0.384. The summed E-state index contributed by atoms with van der Waals surface area (Å²) < 4.78 is 0. The SMILES string of the molecule is C=CCNC(=S)NCCNc1ccccc1[N+](=O)[O-]. The van der Waals surface area contributed by atoms with Gasteiger partial charge in [-0.3, -0.25) is 10.1 Å². The smallest absolute Gasteiger partial charge is 0.292 e. The summed E-state index contributed by atoms with van der Waals surface area (Å²) in [6, 6.07) is 6.52. The first kappa shape index (κ1) is 14.9. The summed E-state index contributed by atoms with van der Waals surface area (Å²) in [5.41, 5.74) is 0.564. The number of hydrogen-bond donors (Lipinski definition) is 3. The molecule has 0 saturated carbocycles. The molecule has 7 heteroatoms. The Hall–Kier alpha value is -2.15. The van der Waals surface area contributed by atoms with E-state index in [1.165, 1.54) is 6.07 Å². The normalized spacial score (nSPS) is 9.47. The Bertz CT molecular complexity index is 465. The molecule has 102 valence electrons. The van der Waals surface area contributed by atoms with Crippen LogP contribution in [-0.4, -0.2) is 29.7 Å². The maximum absolute atomic E-state index is 10.8. The number of nitro benzene ring substituents is 1. The number of rotatable bonds is 7. The van der Waals surface area contributed by atoms with E-state index >= 15 is 0 Å². The second-order valence-corrected chi connectivity index (χ2v) is 4.03. The van der Waals surface area contributed by atoms with Gasteiger partial charge >= 0.3 is 0 Å². The van der Waals surface area contributed by atoms with Gasteiger partial charge in [0.2, 0.25) is 0 Å². The molecule has 0 radical (unpaired) electrons. The van der Waals surface area contributed by atoms with Crippen LogP contribution in [0.4, 0.5) is 11.4 Å². The molecule has 0 aliphatic heterocycles. The molecule has 19 heavy (non-hydrogen) atoms. The molecule has 0 saturated heterocycles. The zero-order valence-electron chi connectivity index (χ0n) is 10.4. The standard InChI is InChI=1S/C12H16N4O2S/c1-2-7-14-12(19)15-9-8-13-10-5-3-4-6-11(10)16(17)18/h2-6,13H,1,7-9H2,(H2,14,15,19). The molecule has 0 amide bonds. The predicted molar refractivity (Wildman–Crippen MR) is 80.4 cm³/mol. The molecule has 6 nitrogen and oxygen atoms in total. The lowest BCUT2D eigenvalue weighted by Crippen LogP contribution is -2.37. The predicted octanol–water partition coefficient (Wildman–Crippen LogP) is 1.66. The molecule has 0 unspecified atom stereocenters. The lowest BCUT2D eigenvalue weighted by Gasteiger charge is -2.10. The summed E-state index contributed by atoms with van der Waals surface area (Å²) in [6.45, 7) is 5.26. The van der Waals surface area contributed by atoms with Gasteiger partial charge in [0.25, 0.3) is 5.69 Å². The van der Waals surface area contributed by atoms with E-state index < -0.39 is 4.92 Å². The monoisotopic (exact) mass is 280 g/mol. The van der Waals surface area contributed by atoms with E-state index in [0.717, 1.165) is 0 Å². The second-order valence-electron chi connectivity index (χ2n) is 3.63. The Morgan fingerprint density at radius 2 is 2.11 bits per heavy atom. The van der Waals surface area contributed by atoms with Gasteiger partial charge < -0.3 is 16.0 Å². The largest absolute Gasteiger partial charge is 0.378 e. The highest BCUT2D eigenvalue weighted by molar-refractivity contribution is 7.80. The van der Waals surface area contributed by atoms with Crippen LogP contribution >= 0.6 is 12.2 Å². The van der Waals surface area contributed by atoms with Crippen LogP contribution in [0, 0.1) is 10.1 Å². The van der Waals surface area contributed by atoms with Gasteiger partial charge in [-0.25, -0.2) is 0 Å². The minimum Gasteiger partial charge on any atom is -0.378 e. The van der Waals surface area contributed by atoms with Crippen LogP contribution < -0.4 is 16.0 Å². The van der Waals surface area contributed by atoms with E-state index in [2.05, 4.69) is 22.5 Å². The van der Waals surface area contributed by atoms with Gasteiger partial charge in [-0.15, -0.1) is 6.58 Å². The van der Waals surface area contributed by atoms with Gasteiger partial charge in [0.1, 0.15) is 5.69 Å². The third-order valence-electron chi connectivity index (χ3n) is 2.23. The molecule has 0 fully saturated rings. The van der Waals surface area contributed by atoms with Crippen LogP contribution in [0.2, 0.25) is 0 Å². The van der Waals surface area contributed by atoms with Gasteiger partial charge in [0.05, 0.1) is 4.92 Å². The molecule has 3 N–H and O–H groups in total. The van der Waals surface area contributed by atoms with Crippen molar-refractivity contribution in [3.63, 3.8) is 0 Å². The summed E-state index contributed by atoms with van der Waals surface area (Å²) in [5.74, 6) is 0. The van der Waals surface area contributed by atoms with E-state index in [-0.39, 0.29) is 5.69 Å². The maximum Gasteiger partial charge on any atom is 0.292 e. The first-order valence-corrected chi connectivity index (χ1v) is 6.16. The average Bonchev–Trinajstić information content (AvgIpc) is 2.41. The van der Waals surface area contributed by atoms with Crippen LogP contribution in [0.1, 0.15) is 0 Å². The number of nitrogens with zero attached hydrogens (tertiary/aromatic N) is 1. The van der Waals surface area contributed by atoms with Crippen LogP contribution in [0.15, 0.2) is 36.9 Å². The molecule has 0 aromatic heterocycles. The summed E-state index contributed by atoms with van der Waals surface area (Å²) in [5, 5.41) is 20.2.